The van der Waals surface area contributed by atoms with Gasteiger partial charge in [0.25, 0.3) is 5.56 Å². The molecule has 1 aromatic heterocycles. The highest BCUT2D eigenvalue weighted by Gasteiger charge is 2.07. The summed E-state index contributed by atoms with van der Waals surface area (Å²) in [5.41, 5.74) is 8.64. The number of nitrogens with one attached hydrogen (secondary N) is 1. The number of nitrogens with zero attached hydrogens (tertiary/aromatic N) is 1. The topological polar surface area (TPSA) is 129 Å². The van der Waals surface area contributed by atoms with E-state index in [0.29, 0.717) is 19.6 Å². The minimum absolute atomic E-state index is 0.114. The molecule has 0 saturated heterocycles. The maximum absolute atomic E-state index is 11.6. The lowest BCUT2D eigenvalue weighted by Gasteiger charge is -2.09. The second-order valence-corrected chi connectivity index (χ2v) is 7.58. The maximum Gasteiger partial charge on any atom is 0.266 e. The van der Waals surface area contributed by atoms with Gasteiger partial charge in [0.2, 0.25) is 0 Å². The lowest BCUT2D eigenvalue weighted by molar-refractivity contribution is -0.116. The molecule has 7 nitrogen and oxygen atoms in total. The Bertz CT molecular complexity index is 1140. The highest BCUT2D eigenvalue weighted by molar-refractivity contribution is 5.78. The number of phenols is 1. The van der Waals surface area contributed by atoms with Crippen LogP contribution in [-0.4, -0.2) is 29.0 Å². The second-order valence-electron chi connectivity index (χ2n) is 7.58. The zero-order chi connectivity index (χ0) is 24.2. The standard InChI is InChI=1S/C17H19N3O2.C9H10O2/c1-12-16(10-14(11-19)17(21)20-12)13-4-6-15(7-5-13)22-9-3-2-8-18;1-7(10)6-8-2-4-9(11)5-3-8/h4-7,10H,2-3,8-9,18H2,1H3,(H,20,21);2-5,11H,6H2,1H3. The molecule has 0 bridgehead atoms. The summed E-state index contributed by atoms with van der Waals surface area (Å²) in [4.78, 5) is 24.9. The van der Waals surface area contributed by atoms with Gasteiger partial charge in [-0.15, -0.1) is 0 Å². The normalized spacial score (nSPS) is 10.0. The Morgan fingerprint density at radius 1 is 1.12 bits per heavy atom. The quantitative estimate of drug-likeness (QED) is 0.450. The van der Waals surface area contributed by atoms with Gasteiger partial charge < -0.3 is 20.6 Å². The summed E-state index contributed by atoms with van der Waals surface area (Å²) in [5.74, 6) is 1.16. The molecule has 0 amide bonds. The van der Waals surface area contributed by atoms with Crippen molar-refractivity contribution in [3.63, 3.8) is 0 Å². The first kappa shape index (κ1) is 25.4. The highest BCUT2D eigenvalue weighted by atomic mass is 16.5. The van der Waals surface area contributed by atoms with Gasteiger partial charge in [0.15, 0.2) is 0 Å². The minimum atomic E-state index is -0.358. The smallest absolute Gasteiger partial charge is 0.266 e. The molecule has 2 aromatic carbocycles. The van der Waals surface area contributed by atoms with Gasteiger partial charge in [0.1, 0.15) is 28.9 Å². The fraction of sp³-hybridized carbons (Fsp3) is 0.269. The van der Waals surface area contributed by atoms with Crippen molar-refractivity contribution in [2.45, 2.75) is 33.1 Å². The average molecular weight is 448 g/mol. The van der Waals surface area contributed by atoms with Crippen molar-refractivity contribution < 1.29 is 14.6 Å². The maximum atomic E-state index is 11.6. The Kier molecular flexibility index (Phi) is 9.87. The van der Waals surface area contributed by atoms with Crippen molar-refractivity contribution in [1.29, 1.82) is 5.26 Å². The average Bonchev–Trinajstić information content (AvgIpc) is 2.79. The summed E-state index contributed by atoms with van der Waals surface area (Å²) >= 11 is 0. The van der Waals surface area contributed by atoms with Crippen LogP contribution in [-0.2, 0) is 11.2 Å². The fourth-order valence-corrected chi connectivity index (χ4v) is 3.07. The number of nitriles is 1. The first-order valence-electron chi connectivity index (χ1n) is 10.7. The lowest BCUT2D eigenvalue weighted by Crippen LogP contribution is -2.11. The van der Waals surface area contributed by atoms with Crippen LogP contribution in [0.3, 0.4) is 0 Å². The number of Topliss-reactive ketones (excluding diaryl/α,β-unsaturated/α-hetero) is 1. The molecule has 172 valence electrons. The summed E-state index contributed by atoms with van der Waals surface area (Å²) in [6, 6.07) is 17.8. The summed E-state index contributed by atoms with van der Waals surface area (Å²) in [6.07, 6.45) is 2.33. The molecule has 0 radical (unpaired) electrons. The molecule has 0 spiro atoms. The zero-order valence-corrected chi connectivity index (χ0v) is 18.9. The molecule has 4 N–H and O–H groups in total. The number of benzene rings is 2. The minimum Gasteiger partial charge on any atom is -0.508 e. The van der Waals surface area contributed by atoms with Crippen molar-refractivity contribution >= 4 is 5.78 Å². The van der Waals surface area contributed by atoms with E-state index in [2.05, 4.69) is 4.98 Å². The van der Waals surface area contributed by atoms with Crippen LogP contribution in [0.15, 0.2) is 59.4 Å². The highest BCUT2D eigenvalue weighted by Crippen LogP contribution is 2.24. The molecule has 0 atom stereocenters. The molecule has 3 aromatic rings. The van der Waals surface area contributed by atoms with Crippen LogP contribution >= 0.6 is 0 Å². The Morgan fingerprint density at radius 3 is 2.36 bits per heavy atom. The first-order valence-corrected chi connectivity index (χ1v) is 10.7. The van der Waals surface area contributed by atoms with E-state index in [0.717, 1.165) is 41.0 Å². The number of aromatic hydroxyl groups is 1. The summed E-state index contributed by atoms with van der Waals surface area (Å²) < 4.78 is 5.63. The Hall–Kier alpha value is -3.89. The fourth-order valence-electron chi connectivity index (χ4n) is 3.07. The van der Waals surface area contributed by atoms with Gasteiger partial charge in [0, 0.05) is 17.7 Å². The van der Waals surface area contributed by atoms with Crippen molar-refractivity contribution in [3.05, 3.63) is 81.8 Å². The molecular weight excluding hydrogens is 418 g/mol. The molecule has 0 aliphatic carbocycles. The van der Waals surface area contributed by atoms with Crippen LogP contribution in [0.2, 0.25) is 0 Å². The number of carbonyl (C=O) groups excluding carboxylic acids is 1. The molecule has 33 heavy (non-hydrogen) atoms. The number of ether oxygens (including phenoxy) is 1. The van der Waals surface area contributed by atoms with Crippen molar-refractivity contribution in [1.82, 2.24) is 4.98 Å². The number of aromatic nitrogens is 1. The van der Waals surface area contributed by atoms with Gasteiger partial charge in [-0.1, -0.05) is 24.3 Å². The molecule has 3 rings (SSSR count). The summed E-state index contributed by atoms with van der Waals surface area (Å²) in [7, 11) is 0. The van der Waals surface area contributed by atoms with Crippen LogP contribution < -0.4 is 16.0 Å². The molecule has 0 aliphatic heterocycles. The Labute approximate surface area is 193 Å². The second kappa shape index (κ2) is 12.8. The first-order chi connectivity index (χ1) is 15.8. The van der Waals surface area contributed by atoms with E-state index in [1.165, 1.54) is 0 Å². The third-order valence-corrected chi connectivity index (χ3v) is 4.78. The number of phenolic OH excluding ortho intramolecular Hbond substituents is 1. The number of pyridine rings is 1. The lowest BCUT2D eigenvalue weighted by atomic mass is 10.0. The molecule has 1 heterocycles. The van der Waals surface area contributed by atoms with E-state index in [9.17, 15) is 9.59 Å². The van der Waals surface area contributed by atoms with Gasteiger partial charge in [-0.2, -0.15) is 5.26 Å². The molecule has 0 fully saturated rings. The molecule has 0 saturated carbocycles. The zero-order valence-electron chi connectivity index (χ0n) is 18.9. The molecular formula is C26H29N3O4. The number of aromatic amines is 1. The summed E-state index contributed by atoms with van der Waals surface area (Å²) in [6.45, 7) is 4.68. The number of ketones is 1. The third-order valence-electron chi connectivity index (χ3n) is 4.78. The largest absolute Gasteiger partial charge is 0.508 e. The summed E-state index contributed by atoms with van der Waals surface area (Å²) in [5, 5.41) is 17.9. The monoisotopic (exact) mass is 447 g/mol. The predicted molar refractivity (Wildman–Crippen MR) is 128 cm³/mol. The third kappa shape index (κ3) is 8.28. The molecule has 0 unspecified atom stereocenters. The van der Waals surface area contributed by atoms with Gasteiger partial charge in [-0.25, -0.2) is 0 Å². The number of carbonyl (C=O) groups is 1. The number of hydrogen-bond acceptors (Lipinski definition) is 6. The van der Waals surface area contributed by atoms with Gasteiger partial charge >= 0.3 is 0 Å². The van der Waals surface area contributed by atoms with Gasteiger partial charge in [-0.05, 0) is 74.7 Å². The van der Waals surface area contributed by atoms with E-state index in [-0.39, 0.29) is 22.7 Å². The number of unbranched alkanes of at least 4 members (excludes halogenated alkanes) is 1. The number of H-pyrrole nitrogens is 1. The van der Waals surface area contributed by atoms with Gasteiger partial charge in [0.05, 0.1) is 6.61 Å². The van der Waals surface area contributed by atoms with Crippen LogP contribution in [0.4, 0.5) is 0 Å². The van der Waals surface area contributed by atoms with Crippen molar-refractivity contribution in [3.8, 4) is 28.7 Å². The van der Waals surface area contributed by atoms with Crippen molar-refractivity contribution in [2.75, 3.05) is 13.2 Å². The Morgan fingerprint density at radius 2 is 1.79 bits per heavy atom. The van der Waals surface area contributed by atoms with Crippen LogP contribution in [0.1, 0.15) is 36.6 Å². The van der Waals surface area contributed by atoms with E-state index in [1.54, 1.807) is 37.3 Å². The van der Waals surface area contributed by atoms with Crippen LogP contribution in [0.5, 0.6) is 11.5 Å². The van der Waals surface area contributed by atoms with E-state index < -0.39 is 0 Å². The van der Waals surface area contributed by atoms with E-state index in [4.69, 9.17) is 20.8 Å². The molecule has 0 aliphatic rings. The predicted octanol–water partition coefficient (Wildman–Crippen LogP) is 3.86. The van der Waals surface area contributed by atoms with Crippen LogP contribution in [0, 0.1) is 18.3 Å². The SMILES string of the molecule is CC(=O)Cc1ccc(O)cc1.Cc1[nH]c(=O)c(C#N)cc1-c1ccc(OCCCCN)cc1. The number of rotatable bonds is 8. The van der Waals surface area contributed by atoms with Crippen LogP contribution in [0.25, 0.3) is 11.1 Å². The van der Waals surface area contributed by atoms with E-state index in [1.807, 2.05) is 37.3 Å². The van der Waals surface area contributed by atoms with Crippen molar-refractivity contribution in [2.24, 2.45) is 5.73 Å². The number of aryl methyl sites for hydroxylation is 1. The number of nitrogens with two attached hydrogens (primary N) is 1. The Balaban J connectivity index is 0.000000294. The number of hydrogen-bond donors (Lipinski definition) is 3. The molecule has 7 heteroatoms. The van der Waals surface area contributed by atoms with Gasteiger partial charge in [-0.3, -0.25) is 9.59 Å². The van der Waals surface area contributed by atoms with E-state index >= 15 is 0 Å².